The van der Waals surface area contributed by atoms with E-state index >= 15 is 0 Å². The van der Waals surface area contributed by atoms with Gasteiger partial charge in [0.05, 0.1) is 20.3 Å². The maximum absolute atomic E-state index is 12.4. The quantitative estimate of drug-likeness (QED) is 0.876. The van der Waals surface area contributed by atoms with Gasteiger partial charge in [-0.25, -0.2) is 0 Å². The summed E-state index contributed by atoms with van der Waals surface area (Å²) in [5, 5.41) is 9.87. The highest BCUT2D eigenvalue weighted by Gasteiger charge is 2.38. The number of nitrogens with two attached hydrogens (primary N) is 1. The van der Waals surface area contributed by atoms with E-state index in [9.17, 15) is 18.3 Å². The molecule has 3 N–H and O–H groups in total. The fraction of sp³-hybridized carbons (Fsp3) is 0.500. The summed E-state index contributed by atoms with van der Waals surface area (Å²) in [6.07, 6.45) is -6.58. The van der Waals surface area contributed by atoms with Gasteiger partial charge in [-0.05, 0) is 6.07 Å². The number of benzene rings is 1. The SMILES string of the molecule is COc1cccc([C@H](O)C[C@@H](N)C(F)(F)F)c1OC.Cl. The van der Waals surface area contributed by atoms with Gasteiger partial charge in [0.15, 0.2) is 11.5 Å². The van der Waals surface area contributed by atoms with E-state index in [1.165, 1.54) is 20.3 Å². The predicted octanol–water partition coefficient (Wildman–Crippen LogP) is 2.44. The Labute approximate surface area is 121 Å². The average molecular weight is 316 g/mol. The third-order valence-corrected chi connectivity index (χ3v) is 2.69. The van der Waals surface area contributed by atoms with Gasteiger partial charge in [-0.3, -0.25) is 0 Å². The van der Waals surface area contributed by atoms with Crippen molar-refractivity contribution in [2.75, 3.05) is 14.2 Å². The largest absolute Gasteiger partial charge is 0.493 e. The monoisotopic (exact) mass is 315 g/mol. The summed E-state index contributed by atoms with van der Waals surface area (Å²) in [6.45, 7) is 0. The van der Waals surface area contributed by atoms with E-state index in [1.54, 1.807) is 12.1 Å². The highest BCUT2D eigenvalue weighted by atomic mass is 35.5. The van der Waals surface area contributed by atoms with Crippen LogP contribution in [0.5, 0.6) is 11.5 Å². The number of hydrogen-bond donors (Lipinski definition) is 2. The molecule has 0 aliphatic carbocycles. The lowest BCUT2D eigenvalue weighted by molar-refractivity contribution is -0.153. The molecule has 0 aromatic heterocycles. The molecule has 0 saturated heterocycles. The third-order valence-electron chi connectivity index (χ3n) is 2.69. The highest BCUT2D eigenvalue weighted by molar-refractivity contribution is 5.85. The van der Waals surface area contributed by atoms with Crippen molar-refractivity contribution < 1.29 is 27.8 Å². The summed E-state index contributed by atoms with van der Waals surface area (Å²) in [5.41, 5.74) is 5.20. The fourth-order valence-corrected chi connectivity index (χ4v) is 1.68. The first kappa shape index (κ1) is 18.8. The Balaban J connectivity index is 0.00000361. The molecule has 1 aromatic rings. The standard InChI is InChI=1S/C12H16F3NO3.ClH/c1-18-9-5-3-4-7(11(9)19-2)8(17)6-10(16)12(13,14)15;/h3-5,8,10,17H,6,16H2,1-2H3;1H/t8-,10-;/m1./s1. The lowest BCUT2D eigenvalue weighted by Crippen LogP contribution is -2.38. The van der Waals surface area contributed by atoms with E-state index < -0.39 is 24.7 Å². The van der Waals surface area contributed by atoms with Crippen molar-refractivity contribution in [1.82, 2.24) is 0 Å². The van der Waals surface area contributed by atoms with Gasteiger partial charge in [0, 0.05) is 12.0 Å². The van der Waals surface area contributed by atoms with Gasteiger partial charge in [0.1, 0.15) is 6.04 Å². The van der Waals surface area contributed by atoms with Gasteiger partial charge in [0.2, 0.25) is 0 Å². The molecule has 4 nitrogen and oxygen atoms in total. The Bertz CT molecular complexity index is 429. The number of methoxy groups -OCH3 is 2. The van der Waals surface area contributed by atoms with E-state index in [-0.39, 0.29) is 23.7 Å². The van der Waals surface area contributed by atoms with Gasteiger partial charge >= 0.3 is 6.18 Å². The maximum Gasteiger partial charge on any atom is 0.403 e. The van der Waals surface area contributed by atoms with Crippen molar-refractivity contribution in [1.29, 1.82) is 0 Å². The van der Waals surface area contributed by atoms with Crippen molar-refractivity contribution in [3.63, 3.8) is 0 Å². The normalized spacial score (nSPS) is 14.2. The summed E-state index contributed by atoms with van der Waals surface area (Å²) >= 11 is 0. The molecule has 0 fully saturated rings. The second kappa shape index (κ2) is 7.56. The van der Waals surface area contributed by atoms with E-state index in [1.807, 2.05) is 0 Å². The molecule has 0 bridgehead atoms. The van der Waals surface area contributed by atoms with Crippen LogP contribution in [0, 0.1) is 0 Å². The zero-order valence-electron chi connectivity index (χ0n) is 11.0. The second-order valence-electron chi connectivity index (χ2n) is 3.98. The number of ether oxygens (including phenoxy) is 2. The van der Waals surface area contributed by atoms with Crippen LogP contribution in [0.1, 0.15) is 18.1 Å². The molecular formula is C12H17ClF3NO3. The van der Waals surface area contributed by atoms with Crippen LogP contribution in [0.15, 0.2) is 18.2 Å². The Morgan fingerprint density at radius 2 is 1.85 bits per heavy atom. The first-order chi connectivity index (χ1) is 8.81. The summed E-state index contributed by atoms with van der Waals surface area (Å²) < 4.78 is 47.1. The number of halogens is 4. The third kappa shape index (κ3) is 4.43. The molecule has 8 heteroatoms. The number of para-hydroxylation sites is 1. The van der Waals surface area contributed by atoms with Crippen LogP contribution in [0.2, 0.25) is 0 Å². The van der Waals surface area contributed by atoms with Gasteiger partial charge in [-0.1, -0.05) is 12.1 Å². The van der Waals surface area contributed by atoms with Crippen LogP contribution >= 0.6 is 12.4 Å². The predicted molar refractivity (Wildman–Crippen MR) is 70.4 cm³/mol. The van der Waals surface area contributed by atoms with Crippen LogP contribution in [0.25, 0.3) is 0 Å². The molecule has 2 atom stereocenters. The lowest BCUT2D eigenvalue weighted by Gasteiger charge is -2.21. The second-order valence-corrected chi connectivity index (χ2v) is 3.98. The summed E-state index contributed by atoms with van der Waals surface area (Å²) in [7, 11) is 2.74. The van der Waals surface area contributed by atoms with Gasteiger partial charge in [0.25, 0.3) is 0 Å². The van der Waals surface area contributed by atoms with Crippen LogP contribution in [-0.4, -0.2) is 31.5 Å². The Hall–Kier alpha value is -1.18. The molecule has 0 radical (unpaired) electrons. The van der Waals surface area contributed by atoms with Crippen LogP contribution < -0.4 is 15.2 Å². The molecule has 1 rings (SSSR count). The van der Waals surface area contributed by atoms with Gasteiger partial charge in [-0.2, -0.15) is 13.2 Å². The number of aliphatic hydroxyl groups is 1. The van der Waals surface area contributed by atoms with Crippen molar-refractivity contribution in [2.24, 2.45) is 5.73 Å². The zero-order chi connectivity index (χ0) is 14.6. The Morgan fingerprint density at radius 1 is 1.25 bits per heavy atom. The minimum Gasteiger partial charge on any atom is -0.493 e. The minimum atomic E-state index is -4.55. The highest BCUT2D eigenvalue weighted by Crippen LogP contribution is 2.37. The zero-order valence-corrected chi connectivity index (χ0v) is 11.8. The number of rotatable bonds is 5. The molecule has 1 aromatic carbocycles. The van der Waals surface area contributed by atoms with Crippen molar-refractivity contribution in [2.45, 2.75) is 24.7 Å². The summed E-state index contributed by atoms with van der Waals surface area (Å²) in [4.78, 5) is 0. The molecule has 0 amide bonds. The van der Waals surface area contributed by atoms with Crippen molar-refractivity contribution in [3.8, 4) is 11.5 Å². The van der Waals surface area contributed by atoms with Crippen molar-refractivity contribution >= 4 is 12.4 Å². The van der Waals surface area contributed by atoms with E-state index in [4.69, 9.17) is 15.2 Å². The number of aliphatic hydroxyl groups excluding tert-OH is 1. The topological polar surface area (TPSA) is 64.7 Å². The molecule has 116 valence electrons. The molecule has 0 aliphatic heterocycles. The van der Waals surface area contributed by atoms with Gasteiger partial charge < -0.3 is 20.3 Å². The van der Waals surface area contributed by atoms with Crippen LogP contribution in [-0.2, 0) is 0 Å². The van der Waals surface area contributed by atoms with Crippen LogP contribution in [0.4, 0.5) is 13.2 Å². The molecule has 0 aliphatic rings. The summed E-state index contributed by atoms with van der Waals surface area (Å²) in [5.74, 6) is 0.534. The first-order valence-electron chi connectivity index (χ1n) is 5.52. The van der Waals surface area contributed by atoms with Crippen molar-refractivity contribution in [3.05, 3.63) is 23.8 Å². The molecule has 0 spiro atoms. The molecular weight excluding hydrogens is 299 g/mol. The average Bonchev–Trinajstić information content (AvgIpc) is 2.36. The number of alkyl halides is 3. The van der Waals surface area contributed by atoms with E-state index in [0.717, 1.165) is 0 Å². The Kier molecular flexibility index (Phi) is 7.12. The molecule has 20 heavy (non-hydrogen) atoms. The summed E-state index contributed by atoms with van der Waals surface area (Å²) in [6, 6.07) is 2.51. The lowest BCUT2D eigenvalue weighted by atomic mass is 10.0. The first-order valence-corrected chi connectivity index (χ1v) is 5.52. The number of hydrogen-bond acceptors (Lipinski definition) is 4. The van der Waals surface area contributed by atoms with Gasteiger partial charge in [-0.15, -0.1) is 12.4 Å². The molecule has 0 saturated carbocycles. The molecule has 0 heterocycles. The van der Waals surface area contributed by atoms with Crippen LogP contribution in [0.3, 0.4) is 0 Å². The van der Waals surface area contributed by atoms with E-state index in [0.29, 0.717) is 5.75 Å². The molecule has 0 unspecified atom stereocenters. The maximum atomic E-state index is 12.4. The Morgan fingerprint density at radius 3 is 2.30 bits per heavy atom. The van der Waals surface area contributed by atoms with E-state index in [2.05, 4.69) is 0 Å². The minimum absolute atomic E-state index is 0. The smallest absolute Gasteiger partial charge is 0.403 e. The fourth-order valence-electron chi connectivity index (χ4n) is 1.68.